The van der Waals surface area contributed by atoms with Gasteiger partial charge in [0, 0.05) is 11.5 Å². The minimum absolute atomic E-state index is 0.0493. The van der Waals surface area contributed by atoms with Crippen molar-refractivity contribution in [3.63, 3.8) is 0 Å². The highest BCUT2D eigenvalue weighted by Gasteiger charge is 2.37. The van der Waals surface area contributed by atoms with Crippen LogP contribution < -0.4 is 5.73 Å². The molecule has 1 aliphatic carbocycles. The van der Waals surface area contributed by atoms with Crippen LogP contribution in [0.15, 0.2) is 0 Å². The summed E-state index contributed by atoms with van der Waals surface area (Å²) in [4.78, 5) is 0. The molecule has 1 saturated carbocycles. The van der Waals surface area contributed by atoms with E-state index in [1.54, 1.807) is 0 Å². The maximum Gasteiger partial charge on any atom is 0.0462 e. The molecule has 80 valence electrons. The molecule has 2 N–H and O–H groups in total. The van der Waals surface area contributed by atoms with E-state index in [1.807, 2.05) is 0 Å². The summed E-state index contributed by atoms with van der Waals surface area (Å²) in [5, 5.41) is 0. The molecule has 1 fully saturated rings. The van der Waals surface area contributed by atoms with Gasteiger partial charge in [0.2, 0.25) is 0 Å². The van der Waals surface area contributed by atoms with Crippen LogP contribution in [-0.4, -0.2) is 6.04 Å². The molecule has 0 bridgehead atoms. The Hall–Kier alpha value is -0.480. The van der Waals surface area contributed by atoms with Crippen LogP contribution in [0.25, 0.3) is 0 Å². The Kier molecular flexibility index (Phi) is 4.48. The number of unbranched alkanes of at least 4 members (excludes halogenated alkanes) is 2. The Morgan fingerprint density at radius 1 is 1.36 bits per heavy atom. The first kappa shape index (κ1) is 11.6. The maximum atomic E-state index is 6.22. The summed E-state index contributed by atoms with van der Waals surface area (Å²) in [5.41, 5.74) is 6.27. The summed E-state index contributed by atoms with van der Waals surface area (Å²) >= 11 is 0. The van der Waals surface area contributed by atoms with Crippen molar-refractivity contribution in [2.75, 3.05) is 0 Å². The molecule has 0 spiro atoms. The molecule has 0 radical (unpaired) electrons. The number of nitrogens with two attached hydrogens (primary N) is 1. The van der Waals surface area contributed by atoms with Gasteiger partial charge in [-0.1, -0.05) is 44.9 Å². The van der Waals surface area contributed by atoms with Crippen molar-refractivity contribution in [3.05, 3.63) is 0 Å². The summed E-state index contributed by atoms with van der Waals surface area (Å²) in [6, 6.07) is 0.238. The van der Waals surface area contributed by atoms with E-state index in [0.717, 1.165) is 19.3 Å². The predicted octanol–water partition coefficient (Wildman–Crippen LogP) is 3.09. The van der Waals surface area contributed by atoms with Crippen molar-refractivity contribution in [2.45, 2.75) is 64.3 Å². The van der Waals surface area contributed by atoms with Crippen molar-refractivity contribution < 1.29 is 0 Å². The summed E-state index contributed by atoms with van der Waals surface area (Å²) < 4.78 is 0. The summed E-state index contributed by atoms with van der Waals surface area (Å²) in [5.74, 6) is 2.98. The van der Waals surface area contributed by atoms with Crippen LogP contribution in [0.2, 0.25) is 0 Å². The van der Waals surface area contributed by atoms with E-state index in [1.165, 1.54) is 32.1 Å². The molecule has 0 heterocycles. The molecule has 1 aliphatic rings. The van der Waals surface area contributed by atoms with Gasteiger partial charge in [0.15, 0.2) is 0 Å². The molecule has 0 aromatic rings. The third-order valence-electron chi connectivity index (χ3n) is 3.61. The Morgan fingerprint density at radius 2 is 2.00 bits per heavy atom. The fourth-order valence-electron chi connectivity index (χ4n) is 2.52. The van der Waals surface area contributed by atoms with Gasteiger partial charge in [0.05, 0.1) is 0 Å². The molecule has 1 nitrogen and oxygen atoms in total. The predicted molar refractivity (Wildman–Crippen MR) is 61.9 cm³/mol. The van der Waals surface area contributed by atoms with Gasteiger partial charge in [-0.15, -0.1) is 6.42 Å². The van der Waals surface area contributed by atoms with E-state index >= 15 is 0 Å². The Balaban J connectivity index is 2.40. The summed E-state index contributed by atoms with van der Waals surface area (Å²) in [7, 11) is 0. The van der Waals surface area contributed by atoms with Crippen LogP contribution in [0.3, 0.4) is 0 Å². The molecule has 0 aromatic heterocycles. The van der Waals surface area contributed by atoms with E-state index in [-0.39, 0.29) is 11.5 Å². The van der Waals surface area contributed by atoms with Gasteiger partial charge in [-0.05, 0) is 19.3 Å². The molecule has 1 heteroatoms. The number of hydrogen-bond acceptors (Lipinski definition) is 1. The number of terminal acetylenes is 1. The normalized spacial score (nSPS) is 21.8. The van der Waals surface area contributed by atoms with E-state index in [0.29, 0.717) is 0 Å². The second-order valence-electron chi connectivity index (χ2n) is 4.61. The highest BCUT2D eigenvalue weighted by atomic mass is 14.7. The molecule has 0 saturated heterocycles. The van der Waals surface area contributed by atoms with Crippen molar-refractivity contribution in [3.8, 4) is 12.3 Å². The third-order valence-corrected chi connectivity index (χ3v) is 3.61. The summed E-state index contributed by atoms with van der Waals surface area (Å²) in [6.45, 7) is 2.22. The fourth-order valence-corrected chi connectivity index (χ4v) is 2.52. The lowest BCUT2D eigenvalue weighted by atomic mass is 9.78. The fraction of sp³-hybridized carbons (Fsp3) is 0.846. The largest absolute Gasteiger partial charge is 0.326 e. The molecular formula is C13H23N. The standard InChI is InChI=1S/C13H23N/c1-3-5-6-9-12(14)13(4-2)10-7-8-11-13/h2,12H,3,5-11,14H2,1H3. The van der Waals surface area contributed by atoms with Crippen LogP contribution >= 0.6 is 0 Å². The molecule has 1 unspecified atom stereocenters. The van der Waals surface area contributed by atoms with Crippen molar-refractivity contribution in [2.24, 2.45) is 11.1 Å². The van der Waals surface area contributed by atoms with Crippen LogP contribution in [-0.2, 0) is 0 Å². The Morgan fingerprint density at radius 3 is 2.50 bits per heavy atom. The zero-order valence-electron chi connectivity index (χ0n) is 9.39. The van der Waals surface area contributed by atoms with E-state index < -0.39 is 0 Å². The molecule has 0 aromatic carbocycles. The second kappa shape index (κ2) is 5.41. The van der Waals surface area contributed by atoms with Gasteiger partial charge in [-0.3, -0.25) is 0 Å². The van der Waals surface area contributed by atoms with Crippen molar-refractivity contribution in [1.82, 2.24) is 0 Å². The van der Waals surface area contributed by atoms with Gasteiger partial charge in [-0.25, -0.2) is 0 Å². The smallest absolute Gasteiger partial charge is 0.0462 e. The molecule has 0 aliphatic heterocycles. The lowest BCUT2D eigenvalue weighted by Crippen LogP contribution is -2.38. The molecular weight excluding hydrogens is 170 g/mol. The SMILES string of the molecule is C#CC1(C(N)CCCCC)CCCC1. The third kappa shape index (κ3) is 2.51. The minimum Gasteiger partial charge on any atom is -0.326 e. The van der Waals surface area contributed by atoms with Crippen LogP contribution in [0.4, 0.5) is 0 Å². The van der Waals surface area contributed by atoms with E-state index in [9.17, 15) is 0 Å². The minimum atomic E-state index is 0.0493. The van der Waals surface area contributed by atoms with Crippen molar-refractivity contribution in [1.29, 1.82) is 0 Å². The van der Waals surface area contributed by atoms with Crippen LogP contribution in [0, 0.1) is 17.8 Å². The first-order valence-electron chi connectivity index (χ1n) is 5.98. The highest BCUT2D eigenvalue weighted by Crippen LogP contribution is 2.41. The summed E-state index contributed by atoms with van der Waals surface area (Å²) in [6.07, 6.45) is 15.4. The first-order chi connectivity index (χ1) is 6.75. The Bertz CT molecular complexity index is 196. The molecule has 14 heavy (non-hydrogen) atoms. The molecule has 1 atom stereocenters. The molecule has 0 amide bonds. The van der Waals surface area contributed by atoms with Crippen LogP contribution in [0.1, 0.15) is 58.3 Å². The lowest BCUT2D eigenvalue weighted by molar-refractivity contribution is 0.305. The lowest BCUT2D eigenvalue weighted by Gasteiger charge is -2.30. The topological polar surface area (TPSA) is 26.0 Å². The number of rotatable bonds is 5. The van der Waals surface area contributed by atoms with E-state index in [2.05, 4.69) is 12.8 Å². The highest BCUT2D eigenvalue weighted by molar-refractivity contribution is 5.12. The van der Waals surface area contributed by atoms with Gasteiger partial charge in [0.1, 0.15) is 0 Å². The van der Waals surface area contributed by atoms with Gasteiger partial charge in [0.25, 0.3) is 0 Å². The number of hydrogen-bond donors (Lipinski definition) is 1. The zero-order valence-corrected chi connectivity index (χ0v) is 9.39. The van der Waals surface area contributed by atoms with Gasteiger partial charge in [-0.2, -0.15) is 0 Å². The average molecular weight is 193 g/mol. The van der Waals surface area contributed by atoms with E-state index in [4.69, 9.17) is 12.2 Å². The maximum absolute atomic E-state index is 6.22. The molecule has 1 rings (SSSR count). The average Bonchev–Trinajstić information content (AvgIpc) is 2.67. The monoisotopic (exact) mass is 193 g/mol. The van der Waals surface area contributed by atoms with Crippen LogP contribution in [0.5, 0.6) is 0 Å². The first-order valence-corrected chi connectivity index (χ1v) is 5.98. The van der Waals surface area contributed by atoms with Gasteiger partial charge < -0.3 is 5.73 Å². The second-order valence-corrected chi connectivity index (χ2v) is 4.61. The Labute approximate surface area is 88.5 Å². The van der Waals surface area contributed by atoms with Gasteiger partial charge >= 0.3 is 0 Å². The quantitative estimate of drug-likeness (QED) is 0.527. The zero-order chi connectivity index (χ0) is 10.4. The van der Waals surface area contributed by atoms with Crippen molar-refractivity contribution >= 4 is 0 Å².